The lowest BCUT2D eigenvalue weighted by molar-refractivity contribution is 0.234. The highest BCUT2D eigenvalue weighted by molar-refractivity contribution is 5.91. The molecular formula is C20H28O6. The summed E-state index contributed by atoms with van der Waals surface area (Å²) in [4.78, 5) is 12.1. The third kappa shape index (κ3) is 5.39. The largest absolute Gasteiger partial charge is 0.503 e. The molecule has 6 heteroatoms. The zero-order valence-corrected chi connectivity index (χ0v) is 15.3. The molecule has 1 heterocycles. The first-order chi connectivity index (χ1) is 12.7. The number of hydrogen-bond donors (Lipinski definition) is 2. The Kier molecular flexibility index (Phi) is 8.28. The van der Waals surface area contributed by atoms with E-state index in [-0.39, 0.29) is 23.7 Å². The first-order valence-corrected chi connectivity index (χ1v) is 9.34. The average Bonchev–Trinajstić information content (AvgIpc) is 2.63. The molecule has 0 aliphatic rings. The van der Waals surface area contributed by atoms with E-state index in [0.29, 0.717) is 30.8 Å². The van der Waals surface area contributed by atoms with Crippen LogP contribution in [0.15, 0.2) is 27.4 Å². The van der Waals surface area contributed by atoms with Gasteiger partial charge >= 0.3 is 5.63 Å². The maximum Gasteiger partial charge on any atom is 0.383 e. The predicted octanol–water partition coefficient (Wildman–Crippen LogP) is 4.00. The van der Waals surface area contributed by atoms with Crippen molar-refractivity contribution in [2.24, 2.45) is 0 Å². The van der Waals surface area contributed by atoms with E-state index < -0.39 is 5.63 Å². The van der Waals surface area contributed by atoms with Gasteiger partial charge in [-0.25, -0.2) is 4.79 Å². The number of aromatic hydroxyl groups is 1. The number of aliphatic hydroxyl groups excluding tert-OH is 1. The molecule has 144 valence electrons. The van der Waals surface area contributed by atoms with Crippen molar-refractivity contribution in [1.82, 2.24) is 0 Å². The van der Waals surface area contributed by atoms with Crippen molar-refractivity contribution in [3.63, 3.8) is 0 Å². The summed E-state index contributed by atoms with van der Waals surface area (Å²) in [6.45, 7) is 2.83. The van der Waals surface area contributed by atoms with E-state index in [0.717, 1.165) is 19.3 Å². The molecule has 0 fully saturated rings. The zero-order valence-electron chi connectivity index (χ0n) is 15.3. The van der Waals surface area contributed by atoms with Crippen LogP contribution in [0.4, 0.5) is 0 Å². The van der Waals surface area contributed by atoms with Crippen molar-refractivity contribution in [3.8, 4) is 17.2 Å². The second-order valence-electron chi connectivity index (χ2n) is 6.24. The Bertz CT molecular complexity index is 737. The molecule has 0 unspecified atom stereocenters. The number of hydrogen-bond acceptors (Lipinski definition) is 6. The first kappa shape index (κ1) is 20.1. The molecule has 0 atom stereocenters. The summed E-state index contributed by atoms with van der Waals surface area (Å²) >= 11 is 0. The van der Waals surface area contributed by atoms with Crippen LogP contribution in [0.3, 0.4) is 0 Å². The van der Waals surface area contributed by atoms with E-state index in [1.807, 2.05) is 0 Å². The van der Waals surface area contributed by atoms with Gasteiger partial charge in [0.25, 0.3) is 0 Å². The third-order valence-corrected chi connectivity index (χ3v) is 4.13. The van der Waals surface area contributed by atoms with Gasteiger partial charge < -0.3 is 24.1 Å². The molecule has 0 amide bonds. The van der Waals surface area contributed by atoms with E-state index in [1.165, 1.54) is 19.3 Å². The number of ether oxygens (including phenoxy) is 2. The summed E-state index contributed by atoms with van der Waals surface area (Å²) < 4.78 is 16.4. The summed E-state index contributed by atoms with van der Waals surface area (Å²) in [7, 11) is 0. The Labute approximate surface area is 153 Å². The maximum atomic E-state index is 12.1. The van der Waals surface area contributed by atoms with E-state index in [4.69, 9.17) is 19.0 Å². The molecule has 0 aliphatic heterocycles. The first-order valence-electron chi connectivity index (χ1n) is 9.34. The van der Waals surface area contributed by atoms with E-state index in [1.54, 1.807) is 18.2 Å². The van der Waals surface area contributed by atoms with Gasteiger partial charge in [-0.05, 0) is 18.6 Å². The lowest BCUT2D eigenvalue weighted by Gasteiger charge is -2.12. The van der Waals surface area contributed by atoms with Crippen molar-refractivity contribution in [2.45, 2.75) is 51.9 Å². The third-order valence-electron chi connectivity index (χ3n) is 4.13. The van der Waals surface area contributed by atoms with Crippen LogP contribution in [0.2, 0.25) is 0 Å². The zero-order chi connectivity index (χ0) is 18.8. The fourth-order valence-corrected chi connectivity index (χ4v) is 2.74. The van der Waals surface area contributed by atoms with Gasteiger partial charge in [-0.2, -0.15) is 0 Å². The predicted molar refractivity (Wildman–Crippen MR) is 100 cm³/mol. The van der Waals surface area contributed by atoms with Crippen molar-refractivity contribution < 1.29 is 24.1 Å². The monoisotopic (exact) mass is 364 g/mol. The number of fused-ring (bicyclic) bond motifs is 1. The van der Waals surface area contributed by atoms with Gasteiger partial charge in [-0.15, -0.1) is 0 Å². The van der Waals surface area contributed by atoms with Crippen LogP contribution in [-0.2, 0) is 0 Å². The fraction of sp³-hybridized carbons (Fsp3) is 0.550. The minimum Gasteiger partial charge on any atom is -0.503 e. The Hall–Kier alpha value is -2.21. The van der Waals surface area contributed by atoms with Gasteiger partial charge in [-0.1, -0.05) is 45.1 Å². The summed E-state index contributed by atoms with van der Waals surface area (Å²) in [5.41, 5.74) is -0.464. The van der Waals surface area contributed by atoms with Gasteiger partial charge in [0.05, 0.1) is 13.2 Å². The highest BCUT2D eigenvalue weighted by Gasteiger charge is 2.18. The fourth-order valence-electron chi connectivity index (χ4n) is 2.74. The molecule has 0 radical (unpaired) electrons. The molecule has 0 saturated heterocycles. The number of unbranched alkanes of at least 4 members (excludes halogenated alkanes) is 5. The number of benzene rings is 1. The van der Waals surface area contributed by atoms with Gasteiger partial charge in [0.15, 0.2) is 5.75 Å². The molecule has 2 rings (SSSR count). The van der Waals surface area contributed by atoms with Crippen LogP contribution in [0.1, 0.15) is 51.9 Å². The van der Waals surface area contributed by atoms with Crippen LogP contribution in [0.5, 0.6) is 17.2 Å². The van der Waals surface area contributed by atoms with Crippen molar-refractivity contribution in [3.05, 3.63) is 28.6 Å². The molecule has 26 heavy (non-hydrogen) atoms. The van der Waals surface area contributed by atoms with E-state index in [2.05, 4.69) is 6.92 Å². The van der Waals surface area contributed by atoms with Crippen LogP contribution in [0.25, 0.3) is 11.0 Å². The average molecular weight is 364 g/mol. The molecule has 0 spiro atoms. The summed E-state index contributed by atoms with van der Waals surface area (Å²) in [6, 6.07) is 4.94. The Morgan fingerprint density at radius 2 is 1.73 bits per heavy atom. The molecule has 0 bridgehead atoms. The maximum absolute atomic E-state index is 12.1. The molecule has 0 aliphatic carbocycles. The molecule has 6 nitrogen and oxygen atoms in total. The molecule has 1 aromatic carbocycles. The second kappa shape index (κ2) is 10.7. The molecular weight excluding hydrogens is 336 g/mol. The van der Waals surface area contributed by atoms with E-state index >= 15 is 0 Å². The summed E-state index contributed by atoms with van der Waals surface area (Å²) in [5, 5.41) is 19.7. The van der Waals surface area contributed by atoms with Crippen LogP contribution in [0, 0.1) is 0 Å². The van der Waals surface area contributed by atoms with Crippen LogP contribution in [-0.4, -0.2) is 30.0 Å². The molecule has 2 N–H and O–H groups in total. The standard InChI is InChI=1S/C20H28O6/c1-2-3-4-5-6-7-13-25-19-18(22)17-15(24-14-9-12-21)10-8-11-16(17)26-20(19)23/h8,10-11,21-22H,2-7,9,12-14H2,1H3. The Balaban J connectivity index is 2.09. The Morgan fingerprint density at radius 3 is 2.50 bits per heavy atom. The van der Waals surface area contributed by atoms with Crippen molar-refractivity contribution >= 4 is 11.0 Å². The number of aliphatic hydroxyl groups is 1. The van der Waals surface area contributed by atoms with Gasteiger partial charge in [0.1, 0.15) is 16.7 Å². The summed E-state index contributed by atoms with van der Waals surface area (Å²) in [5.74, 6) is -0.0484. The SMILES string of the molecule is CCCCCCCCOc1c(O)c2c(OCCCO)cccc2oc1=O. The Morgan fingerprint density at radius 1 is 1.00 bits per heavy atom. The minimum atomic E-state index is -0.700. The molecule has 1 aromatic heterocycles. The highest BCUT2D eigenvalue weighted by Crippen LogP contribution is 2.37. The van der Waals surface area contributed by atoms with Crippen molar-refractivity contribution in [1.29, 1.82) is 0 Å². The van der Waals surface area contributed by atoms with Gasteiger partial charge in [0, 0.05) is 13.0 Å². The van der Waals surface area contributed by atoms with E-state index in [9.17, 15) is 9.90 Å². The van der Waals surface area contributed by atoms with Crippen LogP contribution >= 0.6 is 0 Å². The van der Waals surface area contributed by atoms with Gasteiger partial charge in [-0.3, -0.25) is 0 Å². The summed E-state index contributed by atoms with van der Waals surface area (Å²) in [6.07, 6.45) is 7.08. The van der Waals surface area contributed by atoms with Crippen LogP contribution < -0.4 is 15.1 Å². The lowest BCUT2D eigenvalue weighted by atomic mass is 10.1. The lowest BCUT2D eigenvalue weighted by Crippen LogP contribution is -2.09. The molecule has 2 aromatic rings. The number of rotatable bonds is 12. The van der Waals surface area contributed by atoms with Crippen molar-refractivity contribution in [2.75, 3.05) is 19.8 Å². The second-order valence-corrected chi connectivity index (χ2v) is 6.24. The smallest absolute Gasteiger partial charge is 0.383 e. The highest BCUT2D eigenvalue weighted by atomic mass is 16.5. The topological polar surface area (TPSA) is 89.1 Å². The van der Waals surface area contributed by atoms with Gasteiger partial charge in [0.2, 0.25) is 5.75 Å². The molecule has 0 saturated carbocycles. The normalized spacial score (nSPS) is 11.0. The quantitative estimate of drug-likeness (QED) is 0.437. The minimum absolute atomic E-state index is 0.0123.